The van der Waals surface area contributed by atoms with Gasteiger partial charge in [-0.2, -0.15) is 4.98 Å². The first kappa shape index (κ1) is 19.4. The summed E-state index contributed by atoms with van der Waals surface area (Å²) in [7, 11) is 0. The summed E-state index contributed by atoms with van der Waals surface area (Å²) in [6, 6.07) is 15.2. The number of aromatic amines is 2. The largest absolute Gasteiger partial charge is 0.388 e. The van der Waals surface area contributed by atoms with Gasteiger partial charge in [-0.05, 0) is 49.5 Å². The number of rotatable bonds is 2. The molecule has 0 fully saturated rings. The molecule has 168 valence electrons. The predicted molar refractivity (Wildman–Crippen MR) is 128 cm³/mol. The van der Waals surface area contributed by atoms with Crippen molar-refractivity contribution in [1.82, 2.24) is 19.9 Å². The van der Waals surface area contributed by atoms with Crippen molar-refractivity contribution >= 4 is 49.4 Å². The van der Waals surface area contributed by atoms with Crippen molar-refractivity contribution in [3.8, 4) is 0 Å². The van der Waals surface area contributed by atoms with Crippen LogP contribution in [0, 0.1) is 0 Å². The molecule has 0 saturated carbocycles. The van der Waals surface area contributed by atoms with E-state index in [1.54, 1.807) is 0 Å². The molecule has 0 unspecified atom stereocenters. The first-order chi connectivity index (χ1) is 16.5. The highest BCUT2D eigenvalue weighted by Gasteiger charge is 2.42. The second kappa shape index (κ2) is 6.73. The number of hydrogen-bond donors (Lipinski definition) is 6. The van der Waals surface area contributed by atoms with Gasteiger partial charge in [0.25, 0.3) is 5.56 Å². The molecule has 0 bridgehead atoms. The van der Waals surface area contributed by atoms with Crippen LogP contribution in [0.5, 0.6) is 0 Å². The maximum atomic E-state index is 12.4. The predicted octanol–water partition coefficient (Wildman–Crippen LogP) is 2.47. The van der Waals surface area contributed by atoms with Crippen LogP contribution in [-0.2, 0) is 0 Å². The Bertz CT molecular complexity index is 1780. The first-order valence-electron chi connectivity index (χ1n) is 11.0. The van der Waals surface area contributed by atoms with E-state index < -0.39 is 29.9 Å². The van der Waals surface area contributed by atoms with Gasteiger partial charge in [-0.1, -0.05) is 42.5 Å². The molecule has 0 spiro atoms. The van der Waals surface area contributed by atoms with Crippen molar-refractivity contribution in [2.75, 3.05) is 5.32 Å². The van der Waals surface area contributed by atoms with Gasteiger partial charge in [0.15, 0.2) is 11.2 Å². The van der Waals surface area contributed by atoms with Crippen molar-refractivity contribution in [2.24, 2.45) is 0 Å². The SMILES string of the molecule is O=c1[nH]c(N[C@@H]2c3c(cc4ccc5cccc6ccc3c4c56)[C@@H](O)[C@H](O)[C@@H]2O)nc2nc[nH]c12. The number of anilines is 1. The quantitative estimate of drug-likeness (QED) is 0.221. The van der Waals surface area contributed by atoms with Crippen LogP contribution in [-0.4, -0.2) is 47.5 Å². The standard InChI is InChI=1S/C25H19N5O4/c31-20-14-8-12-5-4-10-2-1-3-11-6-7-13(16(12)15(10)11)17(14)18(21(32)22(20)33)28-25-29-23-19(24(34)30-25)26-9-27-23/h1-9,18,20-22,31-33H,(H3,26,27,28,29,30,34)/t18-,20-,21-,22+/m1/s1. The van der Waals surface area contributed by atoms with E-state index >= 15 is 0 Å². The molecule has 2 aromatic heterocycles. The van der Waals surface area contributed by atoms with E-state index in [0.717, 1.165) is 32.3 Å². The number of benzene rings is 4. The Morgan fingerprint density at radius 2 is 1.68 bits per heavy atom. The highest BCUT2D eigenvalue weighted by molar-refractivity contribution is 6.24. The lowest BCUT2D eigenvalue weighted by atomic mass is 9.77. The van der Waals surface area contributed by atoms with E-state index in [-0.39, 0.29) is 17.1 Å². The molecule has 0 amide bonds. The molecule has 7 rings (SSSR count). The summed E-state index contributed by atoms with van der Waals surface area (Å²) in [6.45, 7) is 0. The lowest BCUT2D eigenvalue weighted by Gasteiger charge is -2.38. The fourth-order valence-corrected chi connectivity index (χ4v) is 5.40. The number of imidazole rings is 1. The number of H-pyrrole nitrogens is 2. The molecular formula is C25H19N5O4. The zero-order valence-electron chi connectivity index (χ0n) is 17.6. The van der Waals surface area contributed by atoms with Gasteiger partial charge in [-0.15, -0.1) is 0 Å². The molecule has 2 heterocycles. The maximum absolute atomic E-state index is 12.4. The van der Waals surface area contributed by atoms with Crippen molar-refractivity contribution in [3.05, 3.63) is 76.3 Å². The highest BCUT2D eigenvalue weighted by atomic mass is 16.4. The van der Waals surface area contributed by atoms with Crippen LogP contribution in [0.1, 0.15) is 23.3 Å². The summed E-state index contributed by atoms with van der Waals surface area (Å²) in [4.78, 5) is 26.2. The lowest BCUT2D eigenvalue weighted by molar-refractivity contribution is -0.0767. The summed E-state index contributed by atoms with van der Waals surface area (Å²) in [6.07, 6.45) is -2.68. The second-order valence-electron chi connectivity index (χ2n) is 8.80. The second-order valence-corrected chi connectivity index (χ2v) is 8.80. The van der Waals surface area contributed by atoms with Gasteiger partial charge in [0.05, 0.1) is 12.4 Å². The molecule has 4 aromatic carbocycles. The van der Waals surface area contributed by atoms with Gasteiger partial charge in [0.2, 0.25) is 5.95 Å². The number of fused-ring (bicyclic) bond motifs is 3. The van der Waals surface area contributed by atoms with Crippen molar-refractivity contribution in [2.45, 2.75) is 24.4 Å². The highest BCUT2D eigenvalue weighted by Crippen LogP contribution is 2.46. The molecule has 0 aliphatic heterocycles. The monoisotopic (exact) mass is 453 g/mol. The fourth-order valence-electron chi connectivity index (χ4n) is 5.40. The topological polar surface area (TPSA) is 147 Å². The zero-order valence-corrected chi connectivity index (χ0v) is 17.6. The number of aromatic nitrogens is 4. The summed E-state index contributed by atoms with van der Waals surface area (Å²) in [5.41, 5.74) is 1.23. The smallest absolute Gasteiger partial charge is 0.278 e. The molecular weight excluding hydrogens is 434 g/mol. The third kappa shape index (κ3) is 2.51. The van der Waals surface area contributed by atoms with Crippen LogP contribution in [0.4, 0.5) is 5.95 Å². The number of nitrogens with one attached hydrogen (secondary N) is 3. The van der Waals surface area contributed by atoms with Crippen LogP contribution in [0.3, 0.4) is 0 Å². The minimum Gasteiger partial charge on any atom is -0.388 e. The zero-order chi connectivity index (χ0) is 23.1. The molecule has 0 saturated heterocycles. The molecule has 4 atom stereocenters. The average molecular weight is 453 g/mol. The molecule has 9 nitrogen and oxygen atoms in total. The summed E-state index contributed by atoms with van der Waals surface area (Å²) in [5.74, 6) is 0.105. The summed E-state index contributed by atoms with van der Waals surface area (Å²) >= 11 is 0. The Labute approximate surface area is 191 Å². The van der Waals surface area contributed by atoms with E-state index in [1.165, 1.54) is 6.33 Å². The molecule has 6 N–H and O–H groups in total. The molecule has 34 heavy (non-hydrogen) atoms. The van der Waals surface area contributed by atoms with Crippen LogP contribution < -0.4 is 10.9 Å². The van der Waals surface area contributed by atoms with Gasteiger partial charge in [0.1, 0.15) is 18.3 Å². The third-order valence-electron chi connectivity index (χ3n) is 6.95. The first-order valence-corrected chi connectivity index (χ1v) is 11.0. The summed E-state index contributed by atoms with van der Waals surface area (Å²) in [5, 5.41) is 41.8. The molecule has 1 aliphatic rings. The molecule has 9 heteroatoms. The lowest BCUT2D eigenvalue weighted by Crippen LogP contribution is -2.44. The van der Waals surface area contributed by atoms with Crippen LogP contribution in [0.15, 0.2) is 59.7 Å². The molecule has 1 aliphatic carbocycles. The third-order valence-corrected chi connectivity index (χ3v) is 6.95. The number of hydrogen-bond acceptors (Lipinski definition) is 7. The minimum absolute atomic E-state index is 0.105. The van der Waals surface area contributed by atoms with Crippen LogP contribution >= 0.6 is 0 Å². The van der Waals surface area contributed by atoms with Crippen LogP contribution in [0.2, 0.25) is 0 Å². The Balaban J connectivity index is 1.51. The number of aliphatic hydroxyl groups is 3. The van der Waals surface area contributed by atoms with Gasteiger partial charge >= 0.3 is 0 Å². The van der Waals surface area contributed by atoms with Gasteiger partial charge in [-0.25, -0.2) is 4.98 Å². The number of aliphatic hydroxyl groups excluding tert-OH is 3. The summed E-state index contributed by atoms with van der Waals surface area (Å²) < 4.78 is 0. The fraction of sp³-hybridized carbons (Fsp3) is 0.160. The Morgan fingerprint density at radius 1 is 0.912 bits per heavy atom. The van der Waals surface area contributed by atoms with Crippen molar-refractivity contribution in [3.63, 3.8) is 0 Å². The average Bonchev–Trinajstić information content (AvgIpc) is 3.33. The number of nitrogens with zero attached hydrogens (tertiary/aromatic N) is 2. The Hall–Kier alpha value is -4.05. The van der Waals surface area contributed by atoms with E-state index in [2.05, 4.69) is 37.4 Å². The van der Waals surface area contributed by atoms with Gasteiger partial charge in [-0.3, -0.25) is 9.78 Å². The van der Waals surface area contributed by atoms with E-state index in [0.29, 0.717) is 11.1 Å². The van der Waals surface area contributed by atoms with Crippen molar-refractivity contribution < 1.29 is 15.3 Å². The van der Waals surface area contributed by atoms with E-state index in [1.807, 2.05) is 36.4 Å². The van der Waals surface area contributed by atoms with E-state index in [4.69, 9.17) is 0 Å². The maximum Gasteiger partial charge on any atom is 0.278 e. The van der Waals surface area contributed by atoms with E-state index in [9.17, 15) is 20.1 Å². The van der Waals surface area contributed by atoms with Gasteiger partial charge < -0.3 is 25.6 Å². The molecule has 6 aromatic rings. The normalized spacial score (nSPS) is 22.7. The Morgan fingerprint density at radius 3 is 2.50 bits per heavy atom. The van der Waals surface area contributed by atoms with Crippen LogP contribution in [0.25, 0.3) is 43.5 Å². The van der Waals surface area contributed by atoms with Crippen molar-refractivity contribution in [1.29, 1.82) is 0 Å². The Kier molecular flexibility index (Phi) is 3.85. The molecule has 0 radical (unpaired) electrons. The van der Waals surface area contributed by atoms with Gasteiger partial charge in [0, 0.05) is 0 Å². The minimum atomic E-state index is -1.43.